The van der Waals surface area contributed by atoms with Gasteiger partial charge in [0.05, 0.1) is 11.1 Å². The molecule has 0 atom stereocenters. The monoisotopic (exact) mass is 297 g/mol. The van der Waals surface area contributed by atoms with E-state index >= 15 is 0 Å². The van der Waals surface area contributed by atoms with Gasteiger partial charge in [0.1, 0.15) is 17.4 Å². The van der Waals surface area contributed by atoms with Gasteiger partial charge in [0.2, 0.25) is 0 Å². The molecule has 0 unspecified atom stereocenters. The van der Waals surface area contributed by atoms with E-state index in [1.165, 1.54) is 0 Å². The molecule has 0 aliphatic carbocycles. The minimum atomic E-state index is 0.585. The van der Waals surface area contributed by atoms with E-state index in [2.05, 4.69) is 32.0 Å². The van der Waals surface area contributed by atoms with E-state index < -0.39 is 0 Å². The summed E-state index contributed by atoms with van der Waals surface area (Å²) in [6.07, 6.45) is 0. The van der Waals surface area contributed by atoms with Crippen LogP contribution in [0.3, 0.4) is 0 Å². The number of aromatic amines is 1. The quantitative estimate of drug-likeness (QED) is 0.741. The zero-order chi connectivity index (χ0) is 12.5. The number of nitriles is 1. The maximum atomic E-state index is 9.06. The van der Waals surface area contributed by atoms with Crippen molar-refractivity contribution >= 4 is 27.0 Å². The molecule has 0 radical (unpaired) electrons. The fraction of sp³-hybridized carbons (Fsp3) is 0. The van der Waals surface area contributed by atoms with Gasteiger partial charge in [0, 0.05) is 10.0 Å². The van der Waals surface area contributed by atoms with Gasteiger partial charge in [-0.05, 0) is 18.2 Å². The van der Waals surface area contributed by atoms with Crippen LogP contribution in [0.5, 0.6) is 0 Å². The molecule has 1 aromatic heterocycles. The summed E-state index contributed by atoms with van der Waals surface area (Å²) in [6, 6.07) is 15.6. The number of nitrogens with one attached hydrogen (secondary N) is 1. The summed E-state index contributed by atoms with van der Waals surface area (Å²) in [6.45, 7) is 0. The van der Waals surface area contributed by atoms with Crippen LogP contribution in [0.4, 0.5) is 0 Å². The van der Waals surface area contributed by atoms with E-state index in [0.29, 0.717) is 11.1 Å². The van der Waals surface area contributed by atoms with Gasteiger partial charge in [-0.15, -0.1) is 0 Å². The zero-order valence-corrected chi connectivity index (χ0v) is 10.9. The molecule has 18 heavy (non-hydrogen) atoms. The Bertz CT molecular complexity index is 768. The fourth-order valence-electron chi connectivity index (χ4n) is 1.90. The van der Waals surface area contributed by atoms with Gasteiger partial charge in [0.25, 0.3) is 0 Å². The minimum Gasteiger partial charge on any atom is -0.338 e. The normalized spacial score (nSPS) is 10.4. The number of fused-ring (bicyclic) bond motifs is 1. The lowest BCUT2D eigenvalue weighted by Crippen LogP contribution is -1.81. The Labute approximate surface area is 112 Å². The molecule has 2 aromatic carbocycles. The van der Waals surface area contributed by atoms with Crippen LogP contribution < -0.4 is 0 Å². The van der Waals surface area contributed by atoms with Crippen LogP contribution in [0.2, 0.25) is 0 Å². The topological polar surface area (TPSA) is 52.5 Å². The third kappa shape index (κ3) is 1.69. The number of aromatic nitrogens is 2. The molecule has 0 fully saturated rings. The second kappa shape index (κ2) is 4.28. The van der Waals surface area contributed by atoms with E-state index in [0.717, 1.165) is 21.4 Å². The Kier molecular flexibility index (Phi) is 2.62. The number of halogens is 1. The number of hydrogen-bond donors (Lipinski definition) is 1. The van der Waals surface area contributed by atoms with Crippen molar-refractivity contribution in [2.75, 3.05) is 0 Å². The van der Waals surface area contributed by atoms with E-state index in [9.17, 15) is 0 Å². The van der Waals surface area contributed by atoms with Crippen LogP contribution in [0.15, 0.2) is 46.9 Å². The summed E-state index contributed by atoms with van der Waals surface area (Å²) >= 11 is 3.50. The average molecular weight is 298 g/mol. The fourth-order valence-corrected chi connectivity index (χ4v) is 2.38. The van der Waals surface area contributed by atoms with Crippen molar-refractivity contribution in [3.05, 3.63) is 52.5 Å². The molecule has 1 heterocycles. The van der Waals surface area contributed by atoms with Crippen LogP contribution in [0.25, 0.3) is 22.4 Å². The highest BCUT2D eigenvalue weighted by Crippen LogP contribution is 2.28. The first-order valence-corrected chi connectivity index (χ1v) is 6.22. The Morgan fingerprint density at radius 2 is 1.94 bits per heavy atom. The Hall–Kier alpha value is -2.12. The molecule has 0 saturated heterocycles. The highest BCUT2D eigenvalue weighted by atomic mass is 79.9. The second-order valence-corrected chi connectivity index (χ2v) is 4.73. The second-order valence-electron chi connectivity index (χ2n) is 3.88. The molecule has 0 saturated carbocycles. The summed E-state index contributed by atoms with van der Waals surface area (Å²) in [5, 5.41) is 9.06. The Morgan fingerprint density at radius 1 is 1.11 bits per heavy atom. The maximum Gasteiger partial charge on any atom is 0.139 e. The summed E-state index contributed by atoms with van der Waals surface area (Å²) in [4.78, 5) is 7.74. The first-order chi connectivity index (χ1) is 8.79. The van der Waals surface area contributed by atoms with Gasteiger partial charge in [-0.25, -0.2) is 4.98 Å². The molecule has 3 aromatic rings. The molecule has 0 aliphatic heterocycles. The number of imidazole rings is 1. The first-order valence-electron chi connectivity index (χ1n) is 5.43. The highest BCUT2D eigenvalue weighted by molar-refractivity contribution is 9.10. The van der Waals surface area contributed by atoms with Crippen molar-refractivity contribution < 1.29 is 0 Å². The van der Waals surface area contributed by atoms with E-state index in [4.69, 9.17) is 5.26 Å². The number of hydrogen-bond acceptors (Lipinski definition) is 2. The number of nitrogens with zero attached hydrogens (tertiary/aromatic N) is 2. The zero-order valence-electron chi connectivity index (χ0n) is 9.31. The standard InChI is InChI=1S/C14H8BrN3/c15-11-6-2-1-5-10(11)14-17-12-7-3-4-9(8-16)13(12)18-14/h1-7H,(H,17,18). The number of para-hydroxylation sites is 1. The van der Waals surface area contributed by atoms with Crippen molar-refractivity contribution in [1.29, 1.82) is 5.26 Å². The molecule has 0 amide bonds. The van der Waals surface area contributed by atoms with Crippen molar-refractivity contribution in [2.45, 2.75) is 0 Å². The van der Waals surface area contributed by atoms with Crippen LogP contribution in [0.1, 0.15) is 5.56 Å². The van der Waals surface area contributed by atoms with Crippen LogP contribution in [-0.4, -0.2) is 9.97 Å². The molecule has 3 rings (SSSR count). The third-order valence-corrected chi connectivity index (χ3v) is 3.45. The third-order valence-electron chi connectivity index (χ3n) is 2.76. The molecule has 4 heteroatoms. The van der Waals surface area contributed by atoms with Crippen LogP contribution >= 0.6 is 15.9 Å². The molecule has 0 bridgehead atoms. The van der Waals surface area contributed by atoms with Crippen molar-refractivity contribution in [3.8, 4) is 17.5 Å². The molecule has 0 spiro atoms. The Morgan fingerprint density at radius 3 is 2.72 bits per heavy atom. The van der Waals surface area contributed by atoms with Gasteiger partial charge < -0.3 is 4.98 Å². The SMILES string of the molecule is N#Cc1cccc2[nH]c(-c3ccccc3Br)nc12. The summed E-state index contributed by atoms with van der Waals surface area (Å²) in [7, 11) is 0. The number of benzene rings is 2. The molecule has 0 aliphatic rings. The number of H-pyrrole nitrogens is 1. The van der Waals surface area contributed by atoms with Gasteiger partial charge in [0.15, 0.2) is 0 Å². The van der Waals surface area contributed by atoms with Crippen LogP contribution in [0, 0.1) is 11.3 Å². The first kappa shape index (κ1) is 11.0. The van der Waals surface area contributed by atoms with E-state index in [1.807, 2.05) is 36.4 Å². The number of rotatable bonds is 1. The Balaban J connectivity index is 2.27. The van der Waals surface area contributed by atoms with Gasteiger partial charge in [-0.2, -0.15) is 5.26 Å². The average Bonchev–Trinajstić information content (AvgIpc) is 2.82. The smallest absolute Gasteiger partial charge is 0.139 e. The largest absolute Gasteiger partial charge is 0.338 e. The van der Waals surface area contributed by atoms with Crippen molar-refractivity contribution in [3.63, 3.8) is 0 Å². The predicted molar refractivity (Wildman–Crippen MR) is 73.9 cm³/mol. The highest BCUT2D eigenvalue weighted by Gasteiger charge is 2.10. The molecular weight excluding hydrogens is 290 g/mol. The van der Waals surface area contributed by atoms with Crippen molar-refractivity contribution in [1.82, 2.24) is 9.97 Å². The summed E-state index contributed by atoms with van der Waals surface area (Å²) < 4.78 is 0.975. The van der Waals surface area contributed by atoms with Gasteiger partial charge >= 0.3 is 0 Å². The molecule has 1 N–H and O–H groups in total. The summed E-state index contributed by atoms with van der Waals surface area (Å²) in [5.41, 5.74) is 3.16. The summed E-state index contributed by atoms with van der Waals surface area (Å²) in [5.74, 6) is 0.764. The molecular formula is C14H8BrN3. The minimum absolute atomic E-state index is 0.585. The van der Waals surface area contributed by atoms with Gasteiger partial charge in [-0.1, -0.05) is 40.2 Å². The lowest BCUT2D eigenvalue weighted by Gasteiger charge is -1.98. The lowest BCUT2D eigenvalue weighted by molar-refractivity contribution is 1.33. The van der Waals surface area contributed by atoms with Crippen LogP contribution in [-0.2, 0) is 0 Å². The van der Waals surface area contributed by atoms with Crippen molar-refractivity contribution in [2.24, 2.45) is 0 Å². The lowest BCUT2D eigenvalue weighted by atomic mass is 10.2. The maximum absolute atomic E-state index is 9.06. The van der Waals surface area contributed by atoms with E-state index in [-0.39, 0.29) is 0 Å². The predicted octanol–water partition coefficient (Wildman–Crippen LogP) is 3.86. The molecule has 3 nitrogen and oxygen atoms in total. The molecule has 86 valence electrons. The van der Waals surface area contributed by atoms with Gasteiger partial charge in [-0.3, -0.25) is 0 Å². The van der Waals surface area contributed by atoms with E-state index in [1.54, 1.807) is 6.07 Å².